The van der Waals surface area contributed by atoms with Gasteiger partial charge in [-0.2, -0.15) is 0 Å². The van der Waals surface area contributed by atoms with Gasteiger partial charge in [0.1, 0.15) is 11.6 Å². The van der Waals surface area contributed by atoms with Crippen molar-refractivity contribution < 1.29 is 29.0 Å². The Hall–Kier alpha value is -3.05. The van der Waals surface area contributed by atoms with E-state index in [1.165, 1.54) is 0 Å². The first-order valence-corrected chi connectivity index (χ1v) is 14.3. The number of ether oxygens (including phenoxy) is 2. The number of aliphatic hydroxyl groups is 1. The van der Waals surface area contributed by atoms with Crippen LogP contribution in [0.2, 0.25) is 0 Å². The average Bonchev–Trinajstić information content (AvgIpc) is 3.31. The SMILES string of the molecule is CN1CC=C[C@H]2O[C@]34C=CCN(CCN5CCOCC5)C(=O)C3N([C@@H](CO)Cc3ccccc3)C(=O)[C@@H]4[C@H]2C1=O. The van der Waals surface area contributed by atoms with Crippen LogP contribution in [-0.4, -0.2) is 132 Å². The van der Waals surface area contributed by atoms with E-state index in [2.05, 4.69) is 4.90 Å². The predicted octanol–water partition coefficient (Wildman–Crippen LogP) is -0.0704. The fraction of sp³-hybridized carbons (Fsp3) is 0.567. The zero-order valence-corrected chi connectivity index (χ0v) is 22.9. The van der Waals surface area contributed by atoms with E-state index in [4.69, 9.17) is 9.47 Å². The van der Waals surface area contributed by atoms with E-state index >= 15 is 0 Å². The highest BCUT2D eigenvalue weighted by atomic mass is 16.5. The minimum Gasteiger partial charge on any atom is -0.394 e. The minimum atomic E-state index is -1.29. The van der Waals surface area contributed by atoms with Crippen LogP contribution >= 0.6 is 0 Å². The molecule has 3 amide bonds. The maximum atomic E-state index is 14.5. The molecule has 1 aromatic carbocycles. The molecule has 10 nitrogen and oxygen atoms in total. The molecule has 1 N–H and O–H groups in total. The van der Waals surface area contributed by atoms with Gasteiger partial charge in [0.2, 0.25) is 17.7 Å². The molecule has 1 unspecified atom stereocenters. The van der Waals surface area contributed by atoms with Crippen LogP contribution in [0.25, 0.3) is 0 Å². The van der Waals surface area contributed by atoms with Gasteiger partial charge in [-0.3, -0.25) is 19.3 Å². The number of aliphatic hydroxyl groups excluding tert-OH is 1. The van der Waals surface area contributed by atoms with Crippen LogP contribution in [0.15, 0.2) is 54.6 Å². The smallest absolute Gasteiger partial charge is 0.249 e. The average molecular weight is 551 g/mol. The Bertz CT molecular complexity index is 1180. The standard InChI is InChI=1S/C30H38N4O6/c1-31-11-5-9-23-24(27(31)36)25-28(37)34(22(20-35)19-21-7-3-2-4-8-21)26-29(38)33(12-6-10-30(25,26)40-23)14-13-32-15-17-39-18-16-32/h2-10,22-26,35H,11-20H2,1H3/t22-,23-,24+,25+,26?,30+/m1/s1. The Morgan fingerprint density at radius 1 is 1.00 bits per heavy atom. The molecule has 6 rings (SSSR count). The molecule has 0 bridgehead atoms. The molecule has 5 aliphatic heterocycles. The van der Waals surface area contributed by atoms with E-state index in [-0.39, 0.29) is 24.3 Å². The second-order valence-electron chi connectivity index (χ2n) is 11.4. The lowest BCUT2D eigenvalue weighted by Gasteiger charge is -2.39. The zero-order chi connectivity index (χ0) is 27.9. The van der Waals surface area contributed by atoms with Crippen molar-refractivity contribution >= 4 is 17.7 Å². The quantitative estimate of drug-likeness (QED) is 0.474. The molecule has 1 aromatic rings. The van der Waals surface area contributed by atoms with Gasteiger partial charge in [0.15, 0.2) is 0 Å². The van der Waals surface area contributed by atoms with Gasteiger partial charge in [-0.05, 0) is 12.0 Å². The van der Waals surface area contributed by atoms with Crippen LogP contribution in [0.5, 0.6) is 0 Å². The van der Waals surface area contributed by atoms with Crippen molar-refractivity contribution in [3.05, 3.63) is 60.2 Å². The van der Waals surface area contributed by atoms with Crippen LogP contribution in [0.1, 0.15) is 5.56 Å². The van der Waals surface area contributed by atoms with E-state index in [9.17, 15) is 19.5 Å². The Morgan fingerprint density at radius 3 is 2.52 bits per heavy atom. The van der Waals surface area contributed by atoms with Gasteiger partial charge < -0.3 is 29.3 Å². The molecule has 40 heavy (non-hydrogen) atoms. The fourth-order valence-corrected chi connectivity index (χ4v) is 7.07. The lowest BCUT2D eigenvalue weighted by Crippen LogP contribution is -2.59. The maximum Gasteiger partial charge on any atom is 0.249 e. The predicted molar refractivity (Wildman–Crippen MR) is 146 cm³/mol. The Labute approximate surface area is 234 Å². The minimum absolute atomic E-state index is 0.163. The summed E-state index contributed by atoms with van der Waals surface area (Å²) < 4.78 is 12.1. The van der Waals surface area contributed by atoms with Crippen LogP contribution in [0.4, 0.5) is 0 Å². The number of amides is 3. The number of rotatable bonds is 7. The molecule has 5 heterocycles. The van der Waals surface area contributed by atoms with E-state index in [1.807, 2.05) is 54.6 Å². The second kappa shape index (κ2) is 11.1. The molecule has 6 atom stereocenters. The van der Waals surface area contributed by atoms with Gasteiger partial charge in [-0.15, -0.1) is 0 Å². The van der Waals surface area contributed by atoms with Gasteiger partial charge >= 0.3 is 0 Å². The van der Waals surface area contributed by atoms with E-state index in [1.54, 1.807) is 21.7 Å². The fourth-order valence-electron chi connectivity index (χ4n) is 7.07. The molecule has 0 radical (unpaired) electrons. The number of nitrogens with zero attached hydrogens (tertiary/aromatic N) is 4. The Balaban J connectivity index is 1.37. The third kappa shape index (κ3) is 4.56. The number of likely N-dealkylation sites (tertiary alicyclic amines) is 1. The number of likely N-dealkylation sites (N-methyl/N-ethyl adjacent to an activating group) is 1. The summed E-state index contributed by atoms with van der Waals surface area (Å²) in [7, 11) is 1.72. The summed E-state index contributed by atoms with van der Waals surface area (Å²) in [6.45, 7) is 4.69. The molecular formula is C30H38N4O6. The van der Waals surface area contributed by atoms with E-state index in [0.717, 1.165) is 18.7 Å². The number of carbonyl (C=O) groups excluding carboxylic acids is 3. The molecule has 0 aliphatic carbocycles. The first kappa shape index (κ1) is 27.1. The third-order valence-electron chi connectivity index (χ3n) is 9.09. The van der Waals surface area contributed by atoms with Gasteiger partial charge in [0.25, 0.3) is 0 Å². The number of hydrogen-bond acceptors (Lipinski definition) is 7. The lowest BCUT2D eigenvalue weighted by molar-refractivity contribution is -0.151. The van der Waals surface area contributed by atoms with Crippen molar-refractivity contribution in [2.45, 2.75) is 30.2 Å². The first-order valence-electron chi connectivity index (χ1n) is 14.3. The summed E-state index contributed by atoms with van der Waals surface area (Å²) in [4.78, 5) is 49.7. The van der Waals surface area contributed by atoms with Crippen molar-refractivity contribution in [3.8, 4) is 0 Å². The first-order chi connectivity index (χ1) is 19.4. The summed E-state index contributed by atoms with van der Waals surface area (Å²) >= 11 is 0. The summed E-state index contributed by atoms with van der Waals surface area (Å²) in [6, 6.07) is 8.02. The summed E-state index contributed by atoms with van der Waals surface area (Å²) in [5.41, 5.74) is -0.340. The Kier molecular flexibility index (Phi) is 7.52. The normalized spacial score (nSPS) is 33.0. The van der Waals surface area contributed by atoms with Crippen molar-refractivity contribution in [2.75, 3.05) is 66.1 Å². The van der Waals surface area contributed by atoms with E-state index < -0.39 is 35.6 Å². The van der Waals surface area contributed by atoms with Crippen LogP contribution in [0, 0.1) is 11.8 Å². The van der Waals surface area contributed by atoms with Crippen molar-refractivity contribution in [2.24, 2.45) is 11.8 Å². The van der Waals surface area contributed by atoms with Crippen molar-refractivity contribution in [1.82, 2.24) is 19.6 Å². The molecule has 0 aromatic heterocycles. The maximum absolute atomic E-state index is 14.5. The highest BCUT2D eigenvalue weighted by molar-refractivity contribution is 6.00. The molecule has 214 valence electrons. The number of hydrogen-bond donors (Lipinski definition) is 1. The largest absolute Gasteiger partial charge is 0.394 e. The third-order valence-corrected chi connectivity index (χ3v) is 9.09. The van der Waals surface area contributed by atoms with Crippen LogP contribution < -0.4 is 0 Å². The summed E-state index contributed by atoms with van der Waals surface area (Å²) in [5, 5.41) is 10.6. The number of fused-ring (bicyclic) bond motifs is 2. The number of carbonyl (C=O) groups is 3. The van der Waals surface area contributed by atoms with Crippen molar-refractivity contribution in [3.63, 3.8) is 0 Å². The lowest BCUT2D eigenvalue weighted by atomic mass is 9.77. The Morgan fingerprint density at radius 2 is 1.77 bits per heavy atom. The molecule has 1 spiro atoms. The highest BCUT2D eigenvalue weighted by Crippen LogP contribution is 2.54. The van der Waals surface area contributed by atoms with Crippen LogP contribution in [-0.2, 0) is 30.3 Å². The van der Waals surface area contributed by atoms with E-state index in [0.29, 0.717) is 45.8 Å². The number of benzene rings is 1. The topological polar surface area (TPSA) is 103 Å². The van der Waals surface area contributed by atoms with Crippen molar-refractivity contribution in [1.29, 1.82) is 0 Å². The molecule has 3 saturated heterocycles. The number of morpholine rings is 1. The van der Waals surface area contributed by atoms with Gasteiger partial charge in [-0.25, -0.2) is 0 Å². The monoisotopic (exact) mass is 550 g/mol. The molecule has 5 aliphatic rings. The second-order valence-corrected chi connectivity index (χ2v) is 11.4. The molecule has 10 heteroatoms. The summed E-state index contributed by atoms with van der Waals surface area (Å²) in [5.74, 6) is -2.27. The van der Waals surface area contributed by atoms with Gasteiger partial charge in [0, 0.05) is 46.3 Å². The van der Waals surface area contributed by atoms with Gasteiger partial charge in [0.05, 0.1) is 43.8 Å². The molecule has 3 fully saturated rings. The highest BCUT2D eigenvalue weighted by Gasteiger charge is 2.72. The molecular weight excluding hydrogens is 512 g/mol. The molecule has 0 saturated carbocycles. The van der Waals surface area contributed by atoms with Gasteiger partial charge in [-0.1, -0.05) is 54.6 Å². The zero-order valence-electron chi connectivity index (χ0n) is 22.9. The van der Waals surface area contributed by atoms with Crippen LogP contribution in [0.3, 0.4) is 0 Å². The summed E-state index contributed by atoms with van der Waals surface area (Å²) in [6.07, 6.45) is 7.31.